The Labute approximate surface area is 184 Å². The third kappa shape index (κ3) is 5.37. The first-order chi connectivity index (χ1) is 15.1. The number of thiazole rings is 1. The van der Waals surface area contributed by atoms with Gasteiger partial charge < -0.3 is 20.7 Å². The highest BCUT2D eigenvalue weighted by Crippen LogP contribution is 2.23. The van der Waals surface area contributed by atoms with Crippen LogP contribution >= 0.6 is 11.3 Å². The van der Waals surface area contributed by atoms with Crippen molar-refractivity contribution in [1.82, 2.24) is 9.97 Å². The number of carbonyl (C=O) groups is 2. The first-order valence-corrected chi connectivity index (χ1v) is 10.9. The lowest BCUT2D eigenvalue weighted by molar-refractivity contribution is -0.122. The zero-order valence-electron chi connectivity index (χ0n) is 16.9. The maximum Gasteiger partial charge on any atom is 0.255 e. The fraction of sp³-hybridized carbons (Fsp3) is 0.273. The summed E-state index contributed by atoms with van der Waals surface area (Å²) >= 11 is 1.51. The summed E-state index contributed by atoms with van der Waals surface area (Å²) in [4.78, 5) is 34.8. The van der Waals surface area contributed by atoms with Crippen molar-refractivity contribution in [2.75, 3.05) is 23.3 Å². The van der Waals surface area contributed by atoms with Crippen LogP contribution in [0.25, 0.3) is 0 Å². The number of anilines is 2. The van der Waals surface area contributed by atoms with Crippen molar-refractivity contribution in [2.45, 2.75) is 19.4 Å². The number of carbonyl (C=O) groups excluding carboxylic acids is 2. The Morgan fingerprint density at radius 1 is 1.26 bits per heavy atom. The number of hydrogen-bond acceptors (Lipinski definition) is 7. The van der Waals surface area contributed by atoms with Crippen molar-refractivity contribution in [3.63, 3.8) is 0 Å². The average molecular weight is 438 g/mol. The highest BCUT2D eigenvalue weighted by Gasteiger charge is 2.24. The first kappa shape index (κ1) is 20.8. The number of amides is 2. The van der Waals surface area contributed by atoms with Crippen LogP contribution in [0.2, 0.25) is 0 Å². The molecule has 31 heavy (non-hydrogen) atoms. The zero-order valence-corrected chi connectivity index (χ0v) is 17.7. The summed E-state index contributed by atoms with van der Waals surface area (Å²) < 4.78 is 5.71. The maximum atomic E-state index is 12.6. The predicted octanol–water partition coefficient (Wildman–Crippen LogP) is 3.07. The number of piperidine rings is 1. The summed E-state index contributed by atoms with van der Waals surface area (Å²) in [5, 5.41) is 4.77. The summed E-state index contributed by atoms with van der Waals surface area (Å²) in [6, 6.07) is 10.6. The van der Waals surface area contributed by atoms with Gasteiger partial charge in [0.05, 0.1) is 29.0 Å². The molecule has 1 saturated heterocycles. The van der Waals surface area contributed by atoms with E-state index in [0.717, 1.165) is 30.9 Å². The number of rotatable bonds is 7. The van der Waals surface area contributed by atoms with Crippen LogP contribution in [0.4, 0.5) is 11.5 Å². The summed E-state index contributed by atoms with van der Waals surface area (Å²) in [7, 11) is 0. The smallest absolute Gasteiger partial charge is 0.255 e. The second-order valence-corrected chi connectivity index (χ2v) is 8.06. The summed E-state index contributed by atoms with van der Waals surface area (Å²) in [5.41, 5.74) is 9.13. The number of nitrogens with zero attached hydrogens (tertiary/aromatic N) is 3. The maximum absolute atomic E-state index is 12.6. The van der Waals surface area contributed by atoms with Gasteiger partial charge in [0.15, 0.2) is 0 Å². The molecule has 0 bridgehead atoms. The van der Waals surface area contributed by atoms with Crippen molar-refractivity contribution in [1.29, 1.82) is 0 Å². The number of aromatic nitrogens is 2. The molecule has 0 radical (unpaired) electrons. The Balaban J connectivity index is 1.36. The number of ether oxygens (including phenoxy) is 1. The molecule has 1 aliphatic heterocycles. The summed E-state index contributed by atoms with van der Waals surface area (Å²) in [6.07, 6.45) is 3.32. The lowest BCUT2D eigenvalue weighted by Crippen LogP contribution is -2.41. The molecule has 2 aromatic heterocycles. The van der Waals surface area contributed by atoms with Gasteiger partial charge in [-0.15, -0.1) is 11.3 Å². The molecule has 0 saturated carbocycles. The van der Waals surface area contributed by atoms with E-state index in [9.17, 15) is 9.59 Å². The van der Waals surface area contributed by atoms with E-state index in [-0.39, 0.29) is 17.7 Å². The number of hydrogen-bond donors (Lipinski definition) is 2. The summed E-state index contributed by atoms with van der Waals surface area (Å²) in [5.74, 6) is 0.691. The van der Waals surface area contributed by atoms with E-state index in [1.165, 1.54) is 11.3 Å². The van der Waals surface area contributed by atoms with Crippen molar-refractivity contribution in [3.8, 4) is 5.75 Å². The number of benzene rings is 1. The molecule has 1 aromatic carbocycles. The van der Waals surface area contributed by atoms with Crippen molar-refractivity contribution < 1.29 is 14.3 Å². The minimum atomic E-state index is -0.272. The van der Waals surface area contributed by atoms with E-state index < -0.39 is 0 Å². The molecule has 4 rings (SSSR count). The molecule has 2 amide bonds. The second-order valence-electron chi connectivity index (χ2n) is 7.34. The van der Waals surface area contributed by atoms with Crippen molar-refractivity contribution >= 4 is 34.7 Å². The van der Waals surface area contributed by atoms with Crippen LogP contribution in [0.1, 0.15) is 28.9 Å². The number of pyridine rings is 1. The van der Waals surface area contributed by atoms with Gasteiger partial charge in [0.1, 0.15) is 18.2 Å². The van der Waals surface area contributed by atoms with Crippen LogP contribution in [-0.4, -0.2) is 34.9 Å². The molecule has 3 heterocycles. The van der Waals surface area contributed by atoms with Gasteiger partial charge in [-0.25, -0.2) is 9.97 Å². The highest BCUT2D eigenvalue weighted by molar-refractivity contribution is 7.07. The highest BCUT2D eigenvalue weighted by atomic mass is 32.1. The van der Waals surface area contributed by atoms with Crippen LogP contribution in [0.3, 0.4) is 0 Å². The molecule has 9 heteroatoms. The molecule has 160 valence electrons. The topological polar surface area (TPSA) is 110 Å². The molecular formula is C22H23N5O3S. The van der Waals surface area contributed by atoms with Crippen LogP contribution < -0.4 is 20.7 Å². The van der Waals surface area contributed by atoms with Gasteiger partial charge >= 0.3 is 0 Å². The minimum Gasteiger partial charge on any atom is -0.487 e. The van der Waals surface area contributed by atoms with Gasteiger partial charge in [0, 0.05) is 24.0 Å². The Bertz CT molecular complexity index is 1040. The average Bonchev–Trinajstić information content (AvgIpc) is 3.32. The zero-order chi connectivity index (χ0) is 21.6. The molecule has 3 N–H and O–H groups in total. The quantitative estimate of drug-likeness (QED) is 0.588. The number of primary amides is 1. The predicted molar refractivity (Wildman–Crippen MR) is 119 cm³/mol. The molecule has 1 unspecified atom stereocenters. The molecule has 0 spiro atoms. The molecular weight excluding hydrogens is 414 g/mol. The third-order valence-electron chi connectivity index (χ3n) is 5.12. The normalized spacial score (nSPS) is 16.0. The van der Waals surface area contributed by atoms with E-state index >= 15 is 0 Å². The van der Waals surface area contributed by atoms with Gasteiger partial charge in [-0.2, -0.15) is 0 Å². The van der Waals surface area contributed by atoms with Gasteiger partial charge in [0.25, 0.3) is 5.91 Å². The Kier molecular flexibility index (Phi) is 6.42. The fourth-order valence-electron chi connectivity index (χ4n) is 3.46. The van der Waals surface area contributed by atoms with Crippen LogP contribution in [0.15, 0.2) is 53.5 Å². The van der Waals surface area contributed by atoms with Crippen LogP contribution in [0.5, 0.6) is 5.75 Å². The van der Waals surface area contributed by atoms with Gasteiger partial charge in [0.2, 0.25) is 5.91 Å². The third-order valence-corrected chi connectivity index (χ3v) is 5.76. The van der Waals surface area contributed by atoms with Gasteiger partial charge in [-0.05, 0) is 43.2 Å². The Hall–Kier alpha value is -3.46. The molecule has 0 aliphatic carbocycles. The second kappa shape index (κ2) is 9.57. The molecule has 3 aromatic rings. The summed E-state index contributed by atoms with van der Waals surface area (Å²) in [6.45, 7) is 1.75. The van der Waals surface area contributed by atoms with Crippen LogP contribution in [0, 0.1) is 5.92 Å². The van der Waals surface area contributed by atoms with E-state index in [2.05, 4.69) is 15.3 Å². The largest absolute Gasteiger partial charge is 0.487 e. The molecule has 8 nitrogen and oxygen atoms in total. The van der Waals surface area contributed by atoms with Crippen LogP contribution in [-0.2, 0) is 11.4 Å². The Morgan fingerprint density at radius 2 is 2.16 bits per heavy atom. The van der Waals surface area contributed by atoms with Gasteiger partial charge in [-0.3, -0.25) is 9.59 Å². The molecule has 1 fully saturated rings. The lowest BCUT2D eigenvalue weighted by Gasteiger charge is -2.32. The molecule has 1 atom stereocenters. The van der Waals surface area contributed by atoms with E-state index in [0.29, 0.717) is 30.2 Å². The Morgan fingerprint density at radius 3 is 2.90 bits per heavy atom. The van der Waals surface area contributed by atoms with E-state index in [4.69, 9.17) is 10.5 Å². The SMILES string of the molecule is NC(=O)C1CCCN(c2ccc(NC(=O)c3cccc(OCc4cscn4)c3)cn2)C1. The monoisotopic (exact) mass is 437 g/mol. The lowest BCUT2D eigenvalue weighted by atomic mass is 9.97. The van der Waals surface area contributed by atoms with E-state index in [1.54, 1.807) is 42.0 Å². The molecule has 1 aliphatic rings. The number of nitrogens with one attached hydrogen (secondary N) is 1. The first-order valence-electron chi connectivity index (χ1n) is 10.00. The van der Waals surface area contributed by atoms with Gasteiger partial charge in [-0.1, -0.05) is 6.07 Å². The number of nitrogens with two attached hydrogens (primary N) is 1. The van der Waals surface area contributed by atoms with Crippen molar-refractivity contribution in [3.05, 3.63) is 64.7 Å². The standard InChI is InChI=1S/C22H23N5O3S/c23-21(28)16-4-2-8-27(11-16)20-7-6-17(10-24-20)26-22(29)15-3-1-5-19(9-15)30-12-18-13-31-14-25-18/h1,3,5-7,9-10,13-14,16H,2,4,8,11-12H2,(H2,23,28)(H,26,29). The fourth-order valence-corrected chi connectivity index (χ4v) is 4.00. The van der Waals surface area contributed by atoms with Crippen molar-refractivity contribution in [2.24, 2.45) is 11.7 Å². The van der Waals surface area contributed by atoms with E-state index in [1.807, 2.05) is 16.3 Å². The minimum absolute atomic E-state index is 0.153.